The molecule has 0 radical (unpaired) electrons. The minimum absolute atomic E-state index is 0.230. The highest BCUT2D eigenvalue weighted by molar-refractivity contribution is 5.43. The second-order valence-electron chi connectivity index (χ2n) is 5.23. The maximum Gasteiger partial charge on any atom is 0.121 e. The van der Waals surface area contributed by atoms with Crippen molar-refractivity contribution < 1.29 is 14.6 Å². The lowest BCUT2D eigenvalue weighted by atomic mass is 10.1. The summed E-state index contributed by atoms with van der Waals surface area (Å²) in [7, 11) is 0. The lowest BCUT2D eigenvalue weighted by Gasteiger charge is -2.15. The predicted octanol–water partition coefficient (Wildman–Crippen LogP) is 2.22. The Morgan fingerprint density at radius 2 is 2.05 bits per heavy atom. The zero-order valence-electron chi connectivity index (χ0n) is 11.3. The summed E-state index contributed by atoms with van der Waals surface area (Å²) in [6, 6.07) is 7.19. The van der Waals surface area contributed by atoms with Crippen molar-refractivity contribution in [3.63, 3.8) is 0 Å². The van der Waals surface area contributed by atoms with Gasteiger partial charge in [-0.25, -0.2) is 0 Å². The minimum atomic E-state index is -0.595. The van der Waals surface area contributed by atoms with E-state index >= 15 is 0 Å². The third kappa shape index (κ3) is 5.09. The van der Waals surface area contributed by atoms with Crippen LogP contribution < -0.4 is 10.5 Å². The van der Waals surface area contributed by atoms with Crippen LogP contribution in [0, 0.1) is 5.92 Å². The zero-order chi connectivity index (χ0) is 13.5. The third-order valence-corrected chi connectivity index (χ3v) is 3.44. The van der Waals surface area contributed by atoms with Crippen LogP contribution in [0.15, 0.2) is 24.3 Å². The van der Waals surface area contributed by atoms with Gasteiger partial charge in [0.2, 0.25) is 0 Å². The molecule has 1 aromatic rings. The Labute approximate surface area is 114 Å². The molecule has 4 heteroatoms. The second-order valence-corrected chi connectivity index (χ2v) is 5.23. The van der Waals surface area contributed by atoms with Crippen LogP contribution in [0.3, 0.4) is 0 Å². The fraction of sp³-hybridized carbons (Fsp3) is 0.600. The van der Waals surface area contributed by atoms with Gasteiger partial charge in [-0.05, 0) is 30.9 Å². The lowest BCUT2D eigenvalue weighted by molar-refractivity contribution is 0.00115. The Morgan fingerprint density at radius 3 is 2.79 bits per heavy atom. The molecule has 1 fully saturated rings. The van der Waals surface area contributed by atoms with E-state index in [1.165, 1.54) is 25.7 Å². The molecule has 0 aliphatic heterocycles. The molecule has 0 amide bonds. The Balaban J connectivity index is 1.60. The van der Waals surface area contributed by atoms with E-state index in [4.69, 9.17) is 15.2 Å². The molecule has 0 bridgehead atoms. The molecule has 4 nitrogen and oxygen atoms in total. The summed E-state index contributed by atoms with van der Waals surface area (Å²) >= 11 is 0. The van der Waals surface area contributed by atoms with Gasteiger partial charge in [-0.2, -0.15) is 0 Å². The van der Waals surface area contributed by atoms with Crippen LogP contribution >= 0.6 is 0 Å². The molecule has 1 aliphatic carbocycles. The standard InChI is InChI=1S/C15H23NO3/c16-13-6-3-7-15(8-13)19-11-14(17)10-18-9-12-4-1-2-5-12/h3,6-8,12,14,17H,1-2,4-5,9-11,16H2. The first-order chi connectivity index (χ1) is 9.24. The number of nitrogens with two attached hydrogens (primary N) is 1. The van der Waals surface area contributed by atoms with Crippen molar-refractivity contribution in [2.24, 2.45) is 5.92 Å². The lowest BCUT2D eigenvalue weighted by Crippen LogP contribution is -2.24. The van der Waals surface area contributed by atoms with Crippen LogP contribution in [0.5, 0.6) is 5.75 Å². The minimum Gasteiger partial charge on any atom is -0.491 e. The van der Waals surface area contributed by atoms with Gasteiger partial charge >= 0.3 is 0 Å². The fourth-order valence-corrected chi connectivity index (χ4v) is 2.39. The van der Waals surface area contributed by atoms with Crippen molar-refractivity contribution in [2.75, 3.05) is 25.6 Å². The van der Waals surface area contributed by atoms with Gasteiger partial charge in [0.25, 0.3) is 0 Å². The molecule has 1 atom stereocenters. The van der Waals surface area contributed by atoms with Crippen molar-refractivity contribution in [3.8, 4) is 5.75 Å². The molecule has 1 unspecified atom stereocenters. The Bertz CT molecular complexity index is 377. The first-order valence-corrected chi connectivity index (χ1v) is 6.98. The Hall–Kier alpha value is -1.26. The molecule has 0 heterocycles. The van der Waals surface area contributed by atoms with E-state index in [-0.39, 0.29) is 6.61 Å². The Kier molecular flexibility index (Phi) is 5.48. The zero-order valence-corrected chi connectivity index (χ0v) is 11.3. The van der Waals surface area contributed by atoms with E-state index in [9.17, 15) is 5.11 Å². The summed E-state index contributed by atoms with van der Waals surface area (Å²) in [4.78, 5) is 0. The maximum atomic E-state index is 9.77. The van der Waals surface area contributed by atoms with Crippen molar-refractivity contribution >= 4 is 5.69 Å². The van der Waals surface area contributed by atoms with Crippen LogP contribution in [-0.2, 0) is 4.74 Å². The van der Waals surface area contributed by atoms with E-state index in [1.54, 1.807) is 12.1 Å². The third-order valence-electron chi connectivity index (χ3n) is 3.44. The highest BCUT2D eigenvalue weighted by Crippen LogP contribution is 2.24. The normalized spacial score (nSPS) is 17.5. The van der Waals surface area contributed by atoms with Crippen molar-refractivity contribution in [2.45, 2.75) is 31.8 Å². The summed E-state index contributed by atoms with van der Waals surface area (Å²) in [5.74, 6) is 1.36. The molecule has 106 valence electrons. The van der Waals surface area contributed by atoms with Gasteiger partial charge in [0.05, 0.1) is 6.61 Å². The smallest absolute Gasteiger partial charge is 0.121 e. The second kappa shape index (κ2) is 7.36. The van der Waals surface area contributed by atoms with Crippen LogP contribution in [0.4, 0.5) is 5.69 Å². The Morgan fingerprint density at radius 1 is 1.26 bits per heavy atom. The number of ether oxygens (including phenoxy) is 2. The molecule has 19 heavy (non-hydrogen) atoms. The number of hydrogen-bond acceptors (Lipinski definition) is 4. The van der Waals surface area contributed by atoms with Crippen LogP contribution in [0.2, 0.25) is 0 Å². The van der Waals surface area contributed by atoms with Gasteiger partial charge in [-0.1, -0.05) is 18.9 Å². The number of hydrogen-bond donors (Lipinski definition) is 2. The molecule has 0 aromatic heterocycles. The monoisotopic (exact) mass is 265 g/mol. The van der Waals surface area contributed by atoms with E-state index in [0.29, 0.717) is 24.0 Å². The summed E-state index contributed by atoms with van der Waals surface area (Å²) in [6.07, 6.45) is 4.55. The molecule has 0 saturated heterocycles. The van der Waals surface area contributed by atoms with E-state index in [2.05, 4.69) is 0 Å². The largest absolute Gasteiger partial charge is 0.491 e. The van der Waals surface area contributed by atoms with Gasteiger partial charge in [0.15, 0.2) is 0 Å². The van der Waals surface area contributed by atoms with E-state index in [0.717, 1.165) is 6.61 Å². The summed E-state index contributed by atoms with van der Waals surface area (Å²) in [6.45, 7) is 1.32. The number of anilines is 1. The molecule has 3 N–H and O–H groups in total. The number of rotatable bonds is 7. The number of nitrogen functional groups attached to an aromatic ring is 1. The molecule has 2 rings (SSSR count). The van der Waals surface area contributed by atoms with Gasteiger partial charge < -0.3 is 20.3 Å². The molecular formula is C15H23NO3. The maximum absolute atomic E-state index is 9.77. The van der Waals surface area contributed by atoms with E-state index in [1.807, 2.05) is 12.1 Å². The highest BCUT2D eigenvalue weighted by Gasteiger charge is 2.15. The topological polar surface area (TPSA) is 64.7 Å². The van der Waals surface area contributed by atoms with Crippen molar-refractivity contribution in [1.82, 2.24) is 0 Å². The van der Waals surface area contributed by atoms with Gasteiger partial charge in [0.1, 0.15) is 18.5 Å². The summed E-state index contributed by atoms with van der Waals surface area (Å²) in [5, 5.41) is 9.77. The molecule has 1 aromatic carbocycles. The number of aliphatic hydroxyl groups excluding tert-OH is 1. The summed E-state index contributed by atoms with van der Waals surface area (Å²) < 4.78 is 11.0. The molecule has 1 saturated carbocycles. The summed E-state index contributed by atoms with van der Waals surface area (Å²) in [5.41, 5.74) is 6.30. The first-order valence-electron chi connectivity index (χ1n) is 6.98. The van der Waals surface area contributed by atoms with Gasteiger partial charge in [-0.3, -0.25) is 0 Å². The van der Waals surface area contributed by atoms with Gasteiger partial charge in [0, 0.05) is 18.4 Å². The quantitative estimate of drug-likeness (QED) is 0.742. The van der Waals surface area contributed by atoms with Gasteiger partial charge in [-0.15, -0.1) is 0 Å². The molecular weight excluding hydrogens is 242 g/mol. The first kappa shape index (κ1) is 14.2. The van der Waals surface area contributed by atoms with Crippen LogP contribution in [0.25, 0.3) is 0 Å². The molecule has 0 spiro atoms. The number of aliphatic hydroxyl groups is 1. The van der Waals surface area contributed by atoms with Crippen molar-refractivity contribution in [3.05, 3.63) is 24.3 Å². The predicted molar refractivity (Wildman–Crippen MR) is 75.1 cm³/mol. The average molecular weight is 265 g/mol. The molecule has 1 aliphatic rings. The van der Waals surface area contributed by atoms with Crippen LogP contribution in [-0.4, -0.2) is 31.0 Å². The van der Waals surface area contributed by atoms with Crippen LogP contribution in [0.1, 0.15) is 25.7 Å². The fourth-order valence-electron chi connectivity index (χ4n) is 2.39. The van der Waals surface area contributed by atoms with E-state index < -0.39 is 6.10 Å². The average Bonchev–Trinajstić information content (AvgIpc) is 2.90. The van der Waals surface area contributed by atoms with Crippen molar-refractivity contribution in [1.29, 1.82) is 0 Å². The number of benzene rings is 1. The SMILES string of the molecule is Nc1cccc(OCC(O)COCC2CCCC2)c1. The highest BCUT2D eigenvalue weighted by atomic mass is 16.5.